The van der Waals surface area contributed by atoms with E-state index in [0.29, 0.717) is 31.1 Å². The third kappa shape index (κ3) is 3.92. The van der Waals surface area contributed by atoms with Crippen LogP contribution in [0, 0.1) is 11.3 Å². The number of rotatable bonds is 6. The minimum absolute atomic E-state index is 0.0117. The molecule has 2 fully saturated rings. The van der Waals surface area contributed by atoms with E-state index in [1.54, 1.807) is 12.3 Å². The molecule has 4 rings (SSSR count). The Hall–Kier alpha value is -2.56. The van der Waals surface area contributed by atoms with Crippen LogP contribution < -0.4 is 5.32 Å². The van der Waals surface area contributed by atoms with E-state index >= 15 is 0 Å². The van der Waals surface area contributed by atoms with Gasteiger partial charge in [0.1, 0.15) is 11.2 Å². The summed E-state index contributed by atoms with van der Waals surface area (Å²) in [4.78, 5) is 27.5. The highest BCUT2D eigenvalue weighted by Crippen LogP contribution is 2.48. The number of hydrogen-bond acceptors (Lipinski definition) is 3. The van der Waals surface area contributed by atoms with Crippen molar-refractivity contribution in [1.29, 1.82) is 0 Å². The van der Waals surface area contributed by atoms with Crippen molar-refractivity contribution < 1.29 is 14.0 Å². The molecule has 0 bridgehead atoms. The van der Waals surface area contributed by atoms with Gasteiger partial charge in [-0.15, -0.1) is 0 Å². The minimum atomic E-state index is -0.834. The number of nitrogens with one attached hydrogen (secondary N) is 1. The molecule has 2 aliphatic rings. The number of amides is 2. The highest BCUT2D eigenvalue weighted by molar-refractivity contribution is 6.07. The second kappa shape index (κ2) is 7.59. The molecular weight excluding hydrogens is 340 g/mol. The molecule has 0 radical (unpaired) electrons. The smallest absolute Gasteiger partial charge is 0.238 e. The molecule has 1 aliphatic heterocycles. The average molecular weight is 366 g/mol. The van der Waals surface area contributed by atoms with Gasteiger partial charge in [0.15, 0.2) is 0 Å². The van der Waals surface area contributed by atoms with E-state index in [0.717, 1.165) is 32.4 Å². The zero-order valence-corrected chi connectivity index (χ0v) is 15.5. The Morgan fingerprint density at radius 3 is 2.44 bits per heavy atom. The Balaban J connectivity index is 1.29. The number of benzene rings is 1. The summed E-state index contributed by atoms with van der Waals surface area (Å²) in [6.45, 7) is 1.84. The normalized spacial score (nSPS) is 18.9. The Bertz CT molecular complexity index is 773. The van der Waals surface area contributed by atoms with Crippen molar-refractivity contribution in [3.05, 3.63) is 60.1 Å². The van der Waals surface area contributed by atoms with Gasteiger partial charge in [-0.25, -0.2) is 0 Å². The number of carbonyl (C=O) groups excluding carboxylic acids is 2. The lowest BCUT2D eigenvalue weighted by Gasteiger charge is -2.34. The summed E-state index contributed by atoms with van der Waals surface area (Å²) in [6, 6.07) is 14.1. The zero-order chi connectivity index (χ0) is 18.7. The maximum atomic E-state index is 13.0. The van der Waals surface area contributed by atoms with Gasteiger partial charge in [-0.3, -0.25) is 9.59 Å². The quantitative estimate of drug-likeness (QED) is 0.799. The van der Waals surface area contributed by atoms with Crippen molar-refractivity contribution in [2.45, 2.75) is 38.6 Å². The number of carbonyl (C=O) groups is 2. The average Bonchev–Trinajstić information content (AvgIpc) is 3.35. The second-order valence-electron chi connectivity index (χ2n) is 7.77. The molecule has 0 unspecified atom stereocenters. The van der Waals surface area contributed by atoms with Crippen LogP contribution in [0.3, 0.4) is 0 Å². The van der Waals surface area contributed by atoms with Crippen molar-refractivity contribution in [2.75, 3.05) is 13.1 Å². The third-order valence-corrected chi connectivity index (χ3v) is 5.87. The molecule has 0 spiro atoms. The SMILES string of the molecule is O=C(NCc1ccco1)C1(C(=O)N2CCC(Cc3ccccc3)CC2)CC1. The van der Waals surface area contributed by atoms with Gasteiger partial charge in [-0.2, -0.15) is 0 Å². The van der Waals surface area contributed by atoms with Crippen molar-refractivity contribution >= 4 is 11.8 Å². The van der Waals surface area contributed by atoms with Crippen LogP contribution in [0.25, 0.3) is 0 Å². The van der Waals surface area contributed by atoms with E-state index in [-0.39, 0.29) is 11.8 Å². The third-order valence-electron chi connectivity index (χ3n) is 5.87. The van der Waals surface area contributed by atoms with Gasteiger partial charge < -0.3 is 14.6 Å². The first kappa shape index (κ1) is 17.8. The molecule has 1 N–H and O–H groups in total. The van der Waals surface area contributed by atoms with E-state index in [1.807, 2.05) is 17.0 Å². The molecule has 1 saturated carbocycles. The molecule has 1 aromatic carbocycles. The van der Waals surface area contributed by atoms with Gasteiger partial charge in [0.2, 0.25) is 11.8 Å². The van der Waals surface area contributed by atoms with Crippen molar-refractivity contribution in [2.24, 2.45) is 11.3 Å². The van der Waals surface area contributed by atoms with Crippen molar-refractivity contribution in [3.63, 3.8) is 0 Å². The molecule has 27 heavy (non-hydrogen) atoms. The number of likely N-dealkylation sites (tertiary alicyclic amines) is 1. The number of furan rings is 1. The second-order valence-corrected chi connectivity index (χ2v) is 7.77. The standard InChI is InChI=1S/C22H26N2O3/c25-20(23-16-19-7-4-14-27-19)22(10-11-22)21(26)24-12-8-18(9-13-24)15-17-5-2-1-3-6-17/h1-7,14,18H,8-13,15-16H2,(H,23,25). The maximum absolute atomic E-state index is 13.0. The summed E-state index contributed by atoms with van der Waals surface area (Å²) in [7, 11) is 0. The Labute approximate surface area is 159 Å². The molecule has 5 nitrogen and oxygen atoms in total. The zero-order valence-electron chi connectivity index (χ0n) is 15.5. The molecule has 5 heteroatoms. The van der Waals surface area contributed by atoms with E-state index in [4.69, 9.17) is 4.42 Å². The Morgan fingerprint density at radius 1 is 1.07 bits per heavy atom. The molecule has 2 heterocycles. The lowest BCUT2D eigenvalue weighted by Crippen LogP contribution is -2.48. The van der Waals surface area contributed by atoms with Crippen LogP contribution in [0.5, 0.6) is 0 Å². The Morgan fingerprint density at radius 2 is 1.81 bits per heavy atom. The number of hydrogen-bond donors (Lipinski definition) is 1. The van der Waals surface area contributed by atoms with Gasteiger partial charge in [-0.1, -0.05) is 30.3 Å². The predicted octanol–water partition coefficient (Wildman–Crippen LogP) is 3.16. The molecule has 1 aromatic heterocycles. The van der Waals surface area contributed by atoms with Crippen LogP contribution in [0.15, 0.2) is 53.1 Å². The molecule has 142 valence electrons. The van der Waals surface area contributed by atoms with Gasteiger partial charge in [0.25, 0.3) is 0 Å². The first-order valence-electron chi connectivity index (χ1n) is 9.81. The predicted molar refractivity (Wildman–Crippen MR) is 102 cm³/mol. The van der Waals surface area contributed by atoms with E-state index in [2.05, 4.69) is 29.6 Å². The molecule has 1 aliphatic carbocycles. The van der Waals surface area contributed by atoms with Crippen LogP contribution in [0.1, 0.15) is 37.0 Å². The maximum Gasteiger partial charge on any atom is 0.238 e. The van der Waals surface area contributed by atoms with Gasteiger partial charge >= 0.3 is 0 Å². The molecule has 0 atom stereocenters. The monoisotopic (exact) mass is 366 g/mol. The molecular formula is C22H26N2O3. The lowest BCUT2D eigenvalue weighted by molar-refractivity contribution is -0.145. The van der Waals surface area contributed by atoms with Crippen LogP contribution in [0.2, 0.25) is 0 Å². The summed E-state index contributed by atoms with van der Waals surface area (Å²) >= 11 is 0. The fraction of sp³-hybridized carbons (Fsp3) is 0.455. The number of nitrogens with zero attached hydrogens (tertiary/aromatic N) is 1. The number of piperidine rings is 1. The first-order valence-corrected chi connectivity index (χ1v) is 9.81. The van der Waals surface area contributed by atoms with Crippen molar-refractivity contribution in [3.8, 4) is 0 Å². The van der Waals surface area contributed by atoms with Gasteiger partial charge in [0.05, 0.1) is 12.8 Å². The highest BCUT2D eigenvalue weighted by Gasteiger charge is 2.58. The van der Waals surface area contributed by atoms with Crippen molar-refractivity contribution in [1.82, 2.24) is 10.2 Å². The lowest BCUT2D eigenvalue weighted by atomic mass is 9.89. The molecule has 2 amide bonds. The fourth-order valence-corrected chi connectivity index (χ4v) is 4.00. The van der Waals surface area contributed by atoms with Crippen LogP contribution >= 0.6 is 0 Å². The molecule has 1 saturated heterocycles. The Kier molecular flexibility index (Phi) is 5.01. The molecule has 2 aromatic rings. The summed E-state index contributed by atoms with van der Waals surface area (Å²) in [5.41, 5.74) is 0.525. The summed E-state index contributed by atoms with van der Waals surface area (Å²) in [6.07, 6.45) is 5.96. The van der Waals surface area contributed by atoms with Crippen LogP contribution in [-0.2, 0) is 22.6 Å². The van der Waals surface area contributed by atoms with Crippen LogP contribution in [-0.4, -0.2) is 29.8 Å². The van der Waals surface area contributed by atoms with Crippen LogP contribution in [0.4, 0.5) is 0 Å². The summed E-state index contributed by atoms with van der Waals surface area (Å²) in [5, 5.41) is 2.87. The van der Waals surface area contributed by atoms with E-state index < -0.39 is 5.41 Å². The van der Waals surface area contributed by atoms with E-state index in [1.165, 1.54) is 5.56 Å². The highest BCUT2D eigenvalue weighted by atomic mass is 16.3. The van der Waals surface area contributed by atoms with Gasteiger partial charge in [0, 0.05) is 13.1 Å². The fourth-order valence-electron chi connectivity index (χ4n) is 4.00. The topological polar surface area (TPSA) is 62.6 Å². The summed E-state index contributed by atoms with van der Waals surface area (Å²) in [5.74, 6) is 1.17. The van der Waals surface area contributed by atoms with E-state index in [9.17, 15) is 9.59 Å². The first-order chi connectivity index (χ1) is 13.2. The largest absolute Gasteiger partial charge is 0.467 e. The minimum Gasteiger partial charge on any atom is -0.467 e. The van der Waals surface area contributed by atoms with Gasteiger partial charge in [-0.05, 0) is 55.7 Å². The summed E-state index contributed by atoms with van der Waals surface area (Å²) < 4.78 is 5.24.